The molecule has 0 aliphatic heterocycles. The Morgan fingerprint density at radius 3 is 2.82 bits per heavy atom. The van der Waals surface area contributed by atoms with Gasteiger partial charge in [-0.1, -0.05) is 17.0 Å². The van der Waals surface area contributed by atoms with Gasteiger partial charge in [0.05, 0.1) is 12.9 Å². The summed E-state index contributed by atoms with van der Waals surface area (Å²) in [4.78, 5) is 19.0. The van der Waals surface area contributed by atoms with E-state index in [0.29, 0.717) is 11.0 Å². The van der Waals surface area contributed by atoms with Crippen LogP contribution in [0.2, 0.25) is 0 Å². The molecule has 0 radical (unpaired) electrons. The van der Waals surface area contributed by atoms with Crippen molar-refractivity contribution < 1.29 is 24.2 Å². The molecule has 1 aromatic carbocycles. The molecule has 0 saturated heterocycles. The predicted octanol–water partition coefficient (Wildman–Crippen LogP) is 0.249. The number of aliphatic hydroxyl groups excluding tert-OH is 2. The minimum Gasteiger partial charge on any atom is -0.394 e. The Bertz CT molecular complexity index is 1100. The number of ether oxygens (including phenoxy) is 1. The standard InChI is InChI=1S/C16H16FN7O4/c1-27-11(6-25)13(26)14(17)23-8-20-12-15(23)18-7-19-16(12)28-24-10-5-3-2-4-9(10)21-22-24/h2-5,7-8,11,13-14,25-26H,6H2,1H3/t11-,13-,14+/m1/s1. The van der Waals surface area contributed by atoms with Crippen molar-refractivity contribution in [2.75, 3.05) is 13.7 Å². The lowest BCUT2D eigenvalue weighted by Gasteiger charge is -2.23. The second-order valence-electron chi connectivity index (χ2n) is 5.87. The van der Waals surface area contributed by atoms with E-state index in [1.54, 1.807) is 18.2 Å². The SMILES string of the molecule is CO[C@H](CO)[C@@H](O)[C@@H](F)n1cnc2c(On3nnc4ccccc43)ncnc21. The molecule has 4 aromatic rings. The fraction of sp³-hybridized carbons (Fsp3) is 0.312. The quantitative estimate of drug-likeness (QED) is 0.456. The van der Waals surface area contributed by atoms with Gasteiger partial charge in [0.1, 0.15) is 29.6 Å². The second kappa shape index (κ2) is 7.42. The molecule has 2 N–H and O–H groups in total. The van der Waals surface area contributed by atoms with Gasteiger partial charge in [0.2, 0.25) is 6.30 Å². The number of fused-ring (bicyclic) bond motifs is 2. The number of hydrogen-bond acceptors (Lipinski definition) is 9. The Morgan fingerprint density at radius 2 is 2.04 bits per heavy atom. The van der Waals surface area contributed by atoms with Gasteiger partial charge in [-0.05, 0) is 17.3 Å². The van der Waals surface area contributed by atoms with Crippen LogP contribution >= 0.6 is 0 Å². The highest BCUT2D eigenvalue weighted by Crippen LogP contribution is 2.26. The summed E-state index contributed by atoms with van der Waals surface area (Å²) in [5, 5.41) is 27.2. The maximum atomic E-state index is 14.8. The molecule has 0 spiro atoms. The van der Waals surface area contributed by atoms with Crippen molar-refractivity contribution in [1.82, 2.24) is 34.7 Å². The molecule has 3 atom stereocenters. The Labute approximate surface area is 156 Å². The third kappa shape index (κ3) is 3.02. The summed E-state index contributed by atoms with van der Waals surface area (Å²) in [7, 11) is 1.26. The summed E-state index contributed by atoms with van der Waals surface area (Å²) >= 11 is 0. The van der Waals surface area contributed by atoms with Crippen molar-refractivity contribution in [3.63, 3.8) is 0 Å². The molecule has 0 amide bonds. The van der Waals surface area contributed by atoms with Crippen LogP contribution < -0.4 is 4.84 Å². The van der Waals surface area contributed by atoms with E-state index in [0.717, 1.165) is 10.9 Å². The van der Waals surface area contributed by atoms with Crippen LogP contribution in [0.25, 0.3) is 22.2 Å². The summed E-state index contributed by atoms with van der Waals surface area (Å²) in [6, 6.07) is 7.16. The summed E-state index contributed by atoms with van der Waals surface area (Å²) in [6.45, 7) is -0.548. The Morgan fingerprint density at radius 1 is 1.21 bits per heavy atom. The highest BCUT2D eigenvalue weighted by atomic mass is 19.1. The van der Waals surface area contributed by atoms with Gasteiger partial charge >= 0.3 is 0 Å². The van der Waals surface area contributed by atoms with Crippen molar-refractivity contribution in [2.24, 2.45) is 0 Å². The molecule has 0 saturated carbocycles. The normalized spacial score (nSPS) is 15.0. The molecule has 0 fully saturated rings. The van der Waals surface area contributed by atoms with Crippen LogP contribution in [0.3, 0.4) is 0 Å². The predicted molar refractivity (Wildman–Crippen MR) is 92.9 cm³/mol. The maximum Gasteiger partial charge on any atom is 0.280 e. The molecule has 11 nitrogen and oxygen atoms in total. The lowest BCUT2D eigenvalue weighted by Crippen LogP contribution is -2.37. The first-order valence-corrected chi connectivity index (χ1v) is 8.26. The molecule has 3 heterocycles. The highest BCUT2D eigenvalue weighted by molar-refractivity contribution is 5.77. The zero-order chi connectivity index (χ0) is 19.7. The van der Waals surface area contributed by atoms with Crippen LogP contribution in [0.15, 0.2) is 36.9 Å². The van der Waals surface area contributed by atoms with Crippen LogP contribution in [0.4, 0.5) is 4.39 Å². The summed E-state index contributed by atoms with van der Waals surface area (Å²) in [5.41, 5.74) is 1.49. The van der Waals surface area contributed by atoms with Gasteiger partial charge in [0.15, 0.2) is 11.2 Å². The first kappa shape index (κ1) is 18.2. The summed E-state index contributed by atoms with van der Waals surface area (Å²) in [6.07, 6.45) is -2.37. The van der Waals surface area contributed by atoms with Gasteiger partial charge in [-0.15, -0.1) is 5.10 Å². The van der Waals surface area contributed by atoms with E-state index in [9.17, 15) is 14.6 Å². The minimum atomic E-state index is -1.96. The number of imidazole rings is 1. The smallest absolute Gasteiger partial charge is 0.280 e. The Balaban J connectivity index is 1.69. The number of para-hydroxylation sites is 1. The molecular formula is C16H16FN7O4. The molecule has 0 aliphatic rings. The van der Waals surface area contributed by atoms with Crippen molar-refractivity contribution in [3.8, 4) is 5.88 Å². The number of rotatable bonds is 7. The van der Waals surface area contributed by atoms with Crippen molar-refractivity contribution in [3.05, 3.63) is 36.9 Å². The van der Waals surface area contributed by atoms with Crippen molar-refractivity contribution in [2.45, 2.75) is 18.5 Å². The van der Waals surface area contributed by atoms with E-state index in [-0.39, 0.29) is 17.0 Å². The van der Waals surface area contributed by atoms with Crippen LogP contribution in [-0.2, 0) is 4.74 Å². The number of hydrogen-bond donors (Lipinski definition) is 2. The molecule has 28 heavy (non-hydrogen) atoms. The molecule has 12 heteroatoms. The monoisotopic (exact) mass is 389 g/mol. The number of methoxy groups -OCH3 is 1. The van der Waals surface area contributed by atoms with Crippen LogP contribution in [0, 0.1) is 0 Å². The average Bonchev–Trinajstić information content (AvgIpc) is 3.33. The molecule has 146 valence electrons. The number of halogens is 1. The minimum absolute atomic E-state index is 0.0338. The molecule has 3 aromatic heterocycles. The third-order valence-electron chi connectivity index (χ3n) is 4.23. The largest absolute Gasteiger partial charge is 0.394 e. The highest BCUT2D eigenvalue weighted by Gasteiger charge is 2.30. The lowest BCUT2D eigenvalue weighted by molar-refractivity contribution is -0.0891. The van der Waals surface area contributed by atoms with Crippen LogP contribution in [-0.4, -0.2) is 70.8 Å². The molecular weight excluding hydrogens is 373 g/mol. The van der Waals surface area contributed by atoms with Gasteiger partial charge in [-0.25, -0.2) is 14.4 Å². The van der Waals surface area contributed by atoms with E-state index in [1.165, 1.54) is 18.3 Å². The fourth-order valence-electron chi connectivity index (χ4n) is 2.74. The number of nitrogens with zero attached hydrogens (tertiary/aromatic N) is 7. The van der Waals surface area contributed by atoms with Gasteiger partial charge in [0, 0.05) is 7.11 Å². The molecule has 0 unspecified atom stereocenters. The fourth-order valence-corrected chi connectivity index (χ4v) is 2.74. The average molecular weight is 389 g/mol. The van der Waals surface area contributed by atoms with Crippen molar-refractivity contribution in [1.29, 1.82) is 0 Å². The lowest BCUT2D eigenvalue weighted by atomic mass is 10.2. The Kier molecular flexibility index (Phi) is 4.81. The van der Waals surface area contributed by atoms with Crippen LogP contribution in [0.5, 0.6) is 5.88 Å². The summed E-state index contributed by atoms with van der Waals surface area (Å²) < 4.78 is 20.7. The van der Waals surface area contributed by atoms with Crippen molar-refractivity contribution >= 4 is 22.2 Å². The second-order valence-corrected chi connectivity index (χ2v) is 5.87. The Hall–Kier alpha value is -3.22. The van der Waals surface area contributed by atoms with E-state index in [4.69, 9.17) is 9.57 Å². The van der Waals surface area contributed by atoms with E-state index >= 15 is 0 Å². The van der Waals surface area contributed by atoms with Gasteiger partial charge in [-0.3, -0.25) is 4.57 Å². The van der Waals surface area contributed by atoms with E-state index in [1.807, 2.05) is 6.07 Å². The first-order valence-electron chi connectivity index (χ1n) is 8.26. The third-order valence-corrected chi connectivity index (χ3v) is 4.23. The molecule has 0 aliphatic carbocycles. The number of aliphatic hydroxyl groups is 2. The molecule has 4 rings (SSSR count). The van der Waals surface area contributed by atoms with Gasteiger partial charge < -0.3 is 19.8 Å². The molecule has 0 bridgehead atoms. The maximum absolute atomic E-state index is 14.8. The van der Waals surface area contributed by atoms with Gasteiger partial charge in [0.25, 0.3) is 5.88 Å². The topological polar surface area (TPSA) is 133 Å². The van der Waals surface area contributed by atoms with E-state index < -0.39 is 25.1 Å². The number of alkyl halides is 1. The zero-order valence-corrected chi connectivity index (χ0v) is 14.6. The summed E-state index contributed by atoms with van der Waals surface area (Å²) in [5.74, 6) is 0.0338. The van der Waals surface area contributed by atoms with E-state index in [2.05, 4.69) is 25.3 Å². The van der Waals surface area contributed by atoms with Crippen LogP contribution in [0.1, 0.15) is 6.30 Å². The number of aromatic nitrogens is 7. The van der Waals surface area contributed by atoms with Gasteiger partial charge in [-0.2, -0.15) is 4.98 Å². The first-order chi connectivity index (χ1) is 13.6. The number of benzene rings is 1. The zero-order valence-electron chi connectivity index (χ0n) is 14.6.